The minimum atomic E-state index is -0.583. The molecule has 1 fully saturated rings. The maximum atomic E-state index is 10.4. The molecule has 0 radical (unpaired) electrons. The molecule has 0 aromatic rings. The molecule has 0 spiro atoms. The van der Waals surface area contributed by atoms with Gasteiger partial charge < -0.3 is 9.84 Å². The van der Waals surface area contributed by atoms with Crippen molar-refractivity contribution in [3.63, 3.8) is 0 Å². The van der Waals surface area contributed by atoms with Gasteiger partial charge in [0.15, 0.2) is 0 Å². The fourth-order valence-corrected chi connectivity index (χ4v) is 0.488. The van der Waals surface area contributed by atoms with Gasteiger partial charge in [-0.25, -0.2) is 0 Å². The summed E-state index contributed by atoms with van der Waals surface area (Å²) in [7, 11) is 0. The molecule has 1 atom stereocenters. The van der Waals surface area contributed by atoms with E-state index >= 15 is 0 Å². The van der Waals surface area contributed by atoms with Crippen LogP contribution in [0, 0.1) is 5.41 Å². The van der Waals surface area contributed by atoms with Gasteiger partial charge in [-0.2, -0.15) is 0 Å². The standard InChI is InChI=1S/C5H8O3/c1-5(2-6)3-8-4(5)7/h6H,2-3H2,1H3/t5-/m0/s1. The largest absolute Gasteiger partial charge is 0.464 e. The Labute approximate surface area is 47.3 Å². The van der Waals surface area contributed by atoms with Gasteiger partial charge in [0, 0.05) is 0 Å². The molecule has 1 saturated heterocycles. The first-order chi connectivity index (χ1) is 3.69. The number of carbonyl (C=O) groups is 1. The quantitative estimate of drug-likeness (QED) is 0.471. The average molecular weight is 116 g/mol. The number of ether oxygens (including phenoxy) is 1. The Balaban J connectivity index is 2.55. The van der Waals surface area contributed by atoms with Crippen LogP contribution < -0.4 is 0 Å². The van der Waals surface area contributed by atoms with E-state index in [0.717, 1.165) is 0 Å². The lowest BCUT2D eigenvalue weighted by Crippen LogP contribution is -2.48. The van der Waals surface area contributed by atoms with Crippen LogP contribution in [0.5, 0.6) is 0 Å². The molecule has 0 aromatic carbocycles. The molecule has 1 aliphatic rings. The molecule has 1 rings (SSSR count). The summed E-state index contributed by atoms with van der Waals surface area (Å²) < 4.78 is 4.44. The van der Waals surface area contributed by atoms with Crippen LogP contribution in [0.1, 0.15) is 6.92 Å². The molecule has 0 aliphatic carbocycles. The monoisotopic (exact) mass is 116 g/mol. The van der Waals surface area contributed by atoms with E-state index in [4.69, 9.17) is 5.11 Å². The number of rotatable bonds is 1. The maximum Gasteiger partial charge on any atom is 0.317 e. The highest BCUT2D eigenvalue weighted by molar-refractivity contribution is 5.81. The van der Waals surface area contributed by atoms with E-state index in [1.807, 2.05) is 0 Å². The Morgan fingerprint density at radius 2 is 2.62 bits per heavy atom. The van der Waals surface area contributed by atoms with E-state index in [0.29, 0.717) is 6.61 Å². The van der Waals surface area contributed by atoms with Crippen LogP contribution in [-0.4, -0.2) is 24.3 Å². The summed E-state index contributed by atoms with van der Waals surface area (Å²) >= 11 is 0. The number of cyclic esters (lactones) is 1. The van der Waals surface area contributed by atoms with Gasteiger partial charge in [-0.3, -0.25) is 4.79 Å². The SMILES string of the molecule is C[C@]1(CO)COC1=O. The molecule has 46 valence electrons. The van der Waals surface area contributed by atoms with Crippen LogP contribution in [0.25, 0.3) is 0 Å². The van der Waals surface area contributed by atoms with E-state index in [2.05, 4.69) is 4.74 Å². The highest BCUT2D eigenvalue weighted by Crippen LogP contribution is 2.26. The van der Waals surface area contributed by atoms with E-state index in [1.165, 1.54) is 0 Å². The smallest absolute Gasteiger partial charge is 0.317 e. The Morgan fingerprint density at radius 3 is 2.62 bits per heavy atom. The maximum absolute atomic E-state index is 10.4. The van der Waals surface area contributed by atoms with Crippen molar-refractivity contribution in [2.24, 2.45) is 5.41 Å². The molecule has 3 heteroatoms. The molecule has 8 heavy (non-hydrogen) atoms. The third-order valence-corrected chi connectivity index (χ3v) is 1.36. The van der Waals surface area contributed by atoms with Crippen LogP contribution in [0.15, 0.2) is 0 Å². The Morgan fingerprint density at radius 1 is 2.00 bits per heavy atom. The fraction of sp³-hybridized carbons (Fsp3) is 0.800. The molecule has 1 N–H and O–H groups in total. The highest BCUT2D eigenvalue weighted by atomic mass is 16.6. The first kappa shape index (κ1) is 5.56. The van der Waals surface area contributed by atoms with Crippen molar-refractivity contribution in [3.8, 4) is 0 Å². The molecule has 0 unspecified atom stereocenters. The number of hydrogen-bond donors (Lipinski definition) is 1. The highest BCUT2D eigenvalue weighted by Gasteiger charge is 2.44. The summed E-state index contributed by atoms with van der Waals surface area (Å²) in [5.41, 5.74) is -0.583. The molecule has 0 aromatic heterocycles. The number of hydrogen-bond acceptors (Lipinski definition) is 3. The minimum Gasteiger partial charge on any atom is -0.464 e. The van der Waals surface area contributed by atoms with Gasteiger partial charge in [0.2, 0.25) is 0 Å². The Kier molecular flexibility index (Phi) is 1.01. The molecule has 0 bridgehead atoms. The van der Waals surface area contributed by atoms with Crippen molar-refractivity contribution in [2.75, 3.05) is 13.2 Å². The molecule has 3 nitrogen and oxygen atoms in total. The van der Waals surface area contributed by atoms with Crippen LogP contribution in [0.2, 0.25) is 0 Å². The van der Waals surface area contributed by atoms with Crippen molar-refractivity contribution in [3.05, 3.63) is 0 Å². The van der Waals surface area contributed by atoms with Crippen molar-refractivity contribution >= 4 is 5.97 Å². The Bertz CT molecular complexity index is 117. The third kappa shape index (κ3) is 0.512. The summed E-state index contributed by atoms with van der Waals surface area (Å²) in [4.78, 5) is 10.4. The molecule has 1 heterocycles. The first-order valence-electron chi connectivity index (χ1n) is 2.47. The van der Waals surface area contributed by atoms with Gasteiger partial charge in [-0.05, 0) is 6.92 Å². The van der Waals surface area contributed by atoms with Gasteiger partial charge in [0.05, 0.1) is 6.61 Å². The summed E-state index contributed by atoms with van der Waals surface area (Å²) in [5.74, 6) is -0.292. The van der Waals surface area contributed by atoms with E-state index in [9.17, 15) is 4.79 Å². The second-order valence-electron chi connectivity index (χ2n) is 2.29. The van der Waals surface area contributed by atoms with Gasteiger partial charge in [0.1, 0.15) is 12.0 Å². The molecular formula is C5H8O3. The summed E-state index contributed by atoms with van der Waals surface area (Å²) in [6, 6.07) is 0. The number of aliphatic hydroxyl groups is 1. The Hall–Kier alpha value is -0.570. The normalized spacial score (nSPS) is 36.0. The van der Waals surface area contributed by atoms with Gasteiger partial charge >= 0.3 is 5.97 Å². The van der Waals surface area contributed by atoms with Crippen molar-refractivity contribution in [2.45, 2.75) is 6.92 Å². The second kappa shape index (κ2) is 1.45. The zero-order valence-corrected chi connectivity index (χ0v) is 4.68. The summed E-state index contributed by atoms with van der Waals surface area (Å²) in [6.45, 7) is 1.94. The molecule has 1 aliphatic heterocycles. The third-order valence-electron chi connectivity index (χ3n) is 1.36. The summed E-state index contributed by atoms with van der Waals surface area (Å²) in [5, 5.41) is 8.51. The number of aliphatic hydroxyl groups excluding tert-OH is 1. The minimum absolute atomic E-state index is 0.105. The van der Waals surface area contributed by atoms with Crippen LogP contribution in [-0.2, 0) is 9.53 Å². The second-order valence-corrected chi connectivity index (χ2v) is 2.29. The van der Waals surface area contributed by atoms with Crippen LogP contribution in [0.3, 0.4) is 0 Å². The lowest BCUT2D eigenvalue weighted by atomic mass is 9.89. The molecular weight excluding hydrogens is 108 g/mol. The van der Waals surface area contributed by atoms with Gasteiger partial charge in [-0.15, -0.1) is 0 Å². The lowest BCUT2D eigenvalue weighted by molar-refractivity contribution is -0.187. The van der Waals surface area contributed by atoms with Crippen molar-refractivity contribution in [1.29, 1.82) is 0 Å². The van der Waals surface area contributed by atoms with Crippen LogP contribution >= 0.6 is 0 Å². The van der Waals surface area contributed by atoms with Crippen molar-refractivity contribution in [1.82, 2.24) is 0 Å². The average Bonchev–Trinajstić information content (AvgIpc) is 1.83. The zero-order chi connectivity index (χ0) is 6.20. The zero-order valence-electron chi connectivity index (χ0n) is 4.68. The van der Waals surface area contributed by atoms with E-state index < -0.39 is 5.41 Å². The molecule has 0 saturated carbocycles. The predicted molar refractivity (Wildman–Crippen MR) is 26.2 cm³/mol. The number of carbonyl (C=O) groups excluding carboxylic acids is 1. The fourth-order valence-electron chi connectivity index (χ4n) is 0.488. The predicted octanol–water partition coefficient (Wildman–Crippen LogP) is -0.458. The number of esters is 1. The van der Waals surface area contributed by atoms with Gasteiger partial charge in [-0.1, -0.05) is 0 Å². The van der Waals surface area contributed by atoms with Gasteiger partial charge in [0.25, 0.3) is 0 Å². The van der Waals surface area contributed by atoms with Crippen molar-refractivity contribution < 1.29 is 14.6 Å². The van der Waals surface area contributed by atoms with E-state index in [-0.39, 0.29) is 12.6 Å². The van der Waals surface area contributed by atoms with E-state index in [1.54, 1.807) is 6.92 Å². The molecule has 0 amide bonds. The van der Waals surface area contributed by atoms with Crippen LogP contribution in [0.4, 0.5) is 0 Å². The first-order valence-corrected chi connectivity index (χ1v) is 2.47. The lowest BCUT2D eigenvalue weighted by Gasteiger charge is -2.33. The topological polar surface area (TPSA) is 46.5 Å². The summed E-state index contributed by atoms with van der Waals surface area (Å²) in [6.07, 6.45) is 0.